The largest absolute Gasteiger partial charge is 0.478 e. The highest BCUT2D eigenvalue weighted by Crippen LogP contribution is 2.40. The first-order valence-electron chi connectivity index (χ1n) is 12.2. The van der Waals surface area contributed by atoms with Crippen molar-refractivity contribution in [3.63, 3.8) is 0 Å². The van der Waals surface area contributed by atoms with E-state index in [-0.39, 0.29) is 41.7 Å². The van der Waals surface area contributed by atoms with Crippen LogP contribution in [-0.4, -0.2) is 61.2 Å². The van der Waals surface area contributed by atoms with E-state index in [4.69, 9.17) is 21.1 Å². The Balaban J connectivity index is 1.54. The van der Waals surface area contributed by atoms with Crippen LogP contribution in [0.2, 0.25) is 5.02 Å². The van der Waals surface area contributed by atoms with Crippen LogP contribution in [-0.2, 0) is 17.5 Å². The molecule has 0 spiro atoms. The monoisotopic (exact) mass is 606 g/mol. The standard InChI is InChI=1S/C26H19ClF4N6O5/c27-15-1-2-20(32-11-15)24(38)37(16-3-6-41-13-16)21-9-19(28)22(8-17(21)25(39)40)42-23-18(26(29,30)31)7-14(10-33-23)12-36-34-4-5-35-36/h1-2,4-5,7-11,16H,3,6,12-13H2,(H,39,40)/t16-/m1/s1. The molecule has 11 nitrogen and oxygen atoms in total. The third kappa shape index (κ3) is 6.16. The van der Waals surface area contributed by atoms with Crippen LogP contribution < -0.4 is 9.64 Å². The van der Waals surface area contributed by atoms with Gasteiger partial charge in [-0.25, -0.2) is 19.2 Å². The maximum Gasteiger partial charge on any atom is 0.421 e. The smallest absolute Gasteiger partial charge is 0.421 e. The van der Waals surface area contributed by atoms with Gasteiger partial charge in [-0.2, -0.15) is 28.2 Å². The average Bonchev–Trinajstić information content (AvgIpc) is 3.66. The predicted octanol–water partition coefficient (Wildman–Crippen LogP) is 4.85. The third-order valence-corrected chi connectivity index (χ3v) is 6.41. The fourth-order valence-corrected chi connectivity index (χ4v) is 4.39. The summed E-state index contributed by atoms with van der Waals surface area (Å²) in [6.45, 7) is 0.150. The normalized spacial score (nSPS) is 15.0. The molecule has 4 heterocycles. The van der Waals surface area contributed by atoms with E-state index >= 15 is 4.39 Å². The molecule has 0 bridgehead atoms. The summed E-state index contributed by atoms with van der Waals surface area (Å²) in [7, 11) is 0. The van der Waals surface area contributed by atoms with E-state index in [2.05, 4.69) is 20.2 Å². The lowest BCUT2D eigenvalue weighted by atomic mass is 10.1. The van der Waals surface area contributed by atoms with Crippen LogP contribution in [0.5, 0.6) is 11.6 Å². The van der Waals surface area contributed by atoms with E-state index in [0.29, 0.717) is 18.6 Å². The number of aromatic nitrogens is 5. The summed E-state index contributed by atoms with van der Waals surface area (Å²) in [5.74, 6) is -5.46. The highest BCUT2D eigenvalue weighted by atomic mass is 35.5. The molecule has 1 aliphatic rings. The summed E-state index contributed by atoms with van der Waals surface area (Å²) in [5.41, 5.74) is -2.34. The number of pyridine rings is 2. The van der Waals surface area contributed by atoms with Crippen LogP contribution in [0.15, 0.2) is 55.1 Å². The molecule has 0 aliphatic carbocycles. The molecule has 1 aliphatic heterocycles. The van der Waals surface area contributed by atoms with Gasteiger partial charge in [-0.05, 0) is 30.2 Å². The number of ether oxygens (including phenoxy) is 2. The molecule has 5 rings (SSSR count). The first-order valence-corrected chi connectivity index (χ1v) is 12.6. The predicted molar refractivity (Wildman–Crippen MR) is 137 cm³/mol. The van der Waals surface area contributed by atoms with Crippen molar-refractivity contribution in [1.29, 1.82) is 0 Å². The lowest BCUT2D eigenvalue weighted by Gasteiger charge is -2.29. The van der Waals surface area contributed by atoms with Crippen LogP contribution >= 0.6 is 11.6 Å². The van der Waals surface area contributed by atoms with Crippen LogP contribution in [0.1, 0.15) is 38.4 Å². The van der Waals surface area contributed by atoms with E-state index < -0.39 is 52.7 Å². The minimum atomic E-state index is -4.96. The lowest BCUT2D eigenvalue weighted by molar-refractivity contribution is -0.139. The molecule has 0 unspecified atom stereocenters. The van der Waals surface area contributed by atoms with Gasteiger partial charge in [0, 0.05) is 31.1 Å². The summed E-state index contributed by atoms with van der Waals surface area (Å²) in [5, 5.41) is 17.9. The van der Waals surface area contributed by atoms with Crippen molar-refractivity contribution in [1.82, 2.24) is 25.0 Å². The van der Waals surface area contributed by atoms with E-state index in [0.717, 1.165) is 22.0 Å². The second-order valence-electron chi connectivity index (χ2n) is 9.01. The number of anilines is 1. The molecule has 42 heavy (non-hydrogen) atoms. The van der Waals surface area contributed by atoms with Gasteiger partial charge >= 0.3 is 12.1 Å². The highest BCUT2D eigenvalue weighted by Gasteiger charge is 2.37. The Kier molecular flexibility index (Phi) is 8.04. The summed E-state index contributed by atoms with van der Waals surface area (Å²) in [6.07, 6.45) is 0.329. The number of rotatable bonds is 8. The van der Waals surface area contributed by atoms with Crippen molar-refractivity contribution >= 4 is 29.2 Å². The first kappa shape index (κ1) is 28.9. The number of carbonyl (C=O) groups excluding carboxylic acids is 1. The van der Waals surface area contributed by atoms with Gasteiger partial charge in [0.15, 0.2) is 11.6 Å². The van der Waals surface area contributed by atoms with Gasteiger partial charge in [0.25, 0.3) is 5.91 Å². The first-order chi connectivity index (χ1) is 20.0. The van der Waals surface area contributed by atoms with Gasteiger partial charge in [-0.3, -0.25) is 4.79 Å². The Morgan fingerprint density at radius 2 is 1.90 bits per heavy atom. The minimum Gasteiger partial charge on any atom is -0.478 e. The lowest BCUT2D eigenvalue weighted by Crippen LogP contribution is -2.42. The molecule has 16 heteroatoms. The molecule has 218 valence electrons. The molecule has 0 saturated carbocycles. The Bertz CT molecular complexity index is 1610. The van der Waals surface area contributed by atoms with Crippen molar-refractivity contribution in [3.8, 4) is 11.6 Å². The van der Waals surface area contributed by atoms with Gasteiger partial charge in [0.2, 0.25) is 5.88 Å². The van der Waals surface area contributed by atoms with E-state index in [1.54, 1.807) is 0 Å². The zero-order valence-electron chi connectivity index (χ0n) is 21.3. The molecule has 1 aromatic carbocycles. The van der Waals surface area contributed by atoms with Crippen molar-refractivity contribution in [2.75, 3.05) is 18.1 Å². The molecule has 1 atom stereocenters. The van der Waals surface area contributed by atoms with Crippen LogP contribution in [0.4, 0.5) is 23.2 Å². The summed E-state index contributed by atoms with van der Waals surface area (Å²) in [6, 6.07) is 4.18. The van der Waals surface area contributed by atoms with Gasteiger partial charge in [0.05, 0.1) is 47.9 Å². The van der Waals surface area contributed by atoms with Crippen molar-refractivity contribution < 1.29 is 41.7 Å². The molecule has 1 fully saturated rings. The highest BCUT2D eigenvalue weighted by molar-refractivity contribution is 6.30. The molecule has 4 aromatic rings. The molecule has 1 N–H and O–H groups in total. The molecular weight excluding hydrogens is 588 g/mol. The van der Waals surface area contributed by atoms with Crippen LogP contribution in [0.3, 0.4) is 0 Å². The summed E-state index contributed by atoms with van der Waals surface area (Å²) in [4.78, 5) is 35.6. The zero-order valence-corrected chi connectivity index (χ0v) is 22.0. The average molecular weight is 607 g/mol. The molecular formula is C26H19ClF4N6O5. The molecule has 0 radical (unpaired) electrons. The number of halogens is 5. The number of alkyl halides is 3. The molecule has 1 saturated heterocycles. The maximum absolute atomic E-state index is 15.5. The Morgan fingerprint density at radius 3 is 2.52 bits per heavy atom. The van der Waals surface area contributed by atoms with E-state index in [1.807, 2.05) is 0 Å². The van der Waals surface area contributed by atoms with Gasteiger partial charge in [-0.15, -0.1) is 0 Å². The second kappa shape index (κ2) is 11.7. The number of carboxylic acid groups (broad SMARTS) is 1. The van der Waals surface area contributed by atoms with E-state index in [1.165, 1.54) is 30.7 Å². The van der Waals surface area contributed by atoms with Crippen molar-refractivity contribution in [3.05, 3.63) is 88.3 Å². The summed E-state index contributed by atoms with van der Waals surface area (Å²) >= 11 is 5.86. The third-order valence-electron chi connectivity index (χ3n) is 6.19. The van der Waals surface area contributed by atoms with Gasteiger partial charge < -0.3 is 19.5 Å². The van der Waals surface area contributed by atoms with E-state index in [9.17, 15) is 27.9 Å². The molecule has 1 amide bonds. The number of amides is 1. The van der Waals surface area contributed by atoms with Gasteiger partial charge in [0.1, 0.15) is 11.3 Å². The van der Waals surface area contributed by atoms with Crippen LogP contribution in [0, 0.1) is 5.82 Å². The number of nitrogens with zero attached hydrogens (tertiary/aromatic N) is 6. The number of hydrogen-bond donors (Lipinski definition) is 1. The zero-order chi connectivity index (χ0) is 30.0. The second-order valence-corrected chi connectivity index (χ2v) is 9.45. The fraction of sp³-hybridized carbons (Fsp3) is 0.231. The Morgan fingerprint density at radius 1 is 1.14 bits per heavy atom. The Hall–Kier alpha value is -4.63. The fourth-order valence-electron chi connectivity index (χ4n) is 4.27. The topological polar surface area (TPSA) is 133 Å². The van der Waals surface area contributed by atoms with Crippen molar-refractivity contribution in [2.45, 2.75) is 25.2 Å². The summed E-state index contributed by atoms with van der Waals surface area (Å²) < 4.78 is 67.8. The number of hydrogen-bond acceptors (Lipinski definition) is 8. The Labute approximate surface area is 239 Å². The minimum absolute atomic E-state index is 0.0253. The van der Waals surface area contributed by atoms with Crippen LogP contribution in [0.25, 0.3) is 0 Å². The molecule has 3 aromatic heterocycles. The van der Waals surface area contributed by atoms with Crippen molar-refractivity contribution in [2.24, 2.45) is 0 Å². The number of carboxylic acids is 1. The number of benzene rings is 1. The van der Waals surface area contributed by atoms with Gasteiger partial charge in [-0.1, -0.05) is 11.6 Å². The number of carbonyl (C=O) groups is 2. The maximum atomic E-state index is 15.5. The quantitative estimate of drug-likeness (QED) is 0.279. The SMILES string of the molecule is O=C(O)c1cc(Oc2ncc(Cn3nccn3)cc2C(F)(F)F)c(F)cc1N(C(=O)c1ccc(Cl)cn1)[C@@H]1CCOC1. The number of aromatic carboxylic acids is 1.